The topological polar surface area (TPSA) is 56.7 Å². The standard InChI is InChI=1S/C16H23ClN4OS.HI/c1-2-18-15(19-9-12-4-5-13(17)23-12)21-7-3-6-16(11-21)8-14(22)20-10-16;/h4-5H,2-3,6-11H2,1H3,(H,18,19)(H,20,22);1H. The Balaban J connectivity index is 0.00000208. The fourth-order valence-electron chi connectivity index (χ4n) is 3.44. The van der Waals surface area contributed by atoms with Gasteiger partial charge in [0.15, 0.2) is 5.96 Å². The number of amides is 1. The minimum absolute atomic E-state index is 0. The molecule has 2 aliphatic heterocycles. The number of carbonyl (C=O) groups excluding carboxylic acids is 1. The molecular weight excluding hydrogens is 459 g/mol. The maximum atomic E-state index is 11.6. The molecule has 5 nitrogen and oxygen atoms in total. The van der Waals surface area contributed by atoms with E-state index in [1.54, 1.807) is 11.3 Å². The molecule has 3 heterocycles. The second kappa shape index (κ2) is 8.71. The highest BCUT2D eigenvalue weighted by Crippen LogP contribution is 2.36. The highest BCUT2D eigenvalue weighted by atomic mass is 127. The van der Waals surface area contributed by atoms with Crippen molar-refractivity contribution < 1.29 is 4.79 Å². The van der Waals surface area contributed by atoms with Crippen LogP contribution < -0.4 is 10.6 Å². The molecule has 8 heteroatoms. The molecule has 1 aromatic heterocycles. The number of nitrogens with one attached hydrogen (secondary N) is 2. The van der Waals surface area contributed by atoms with Crippen LogP contribution in [0.4, 0.5) is 0 Å². The van der Waals surface area contributed by atoms with Crippen molar-refractivity contribution in [2.45, 2.75) is 32.7 Å². The summed E-state index contributed by atoms with van der Waals surface area (Å²) in [5, 5.41) is 6.38. The number of nitrogens with zero attached hydrogens (tertiary/aromatic N) is 2. The summed E-state index contributed by atoms with van der Waals surface area (Å²) in [6.07, 6.45) is 2.86. The second-order valence-corrected chi connectivity index (χ2v) is 8.15. The molecule has 2 saturated heterocycles. The van der Waals surface area contributed by atoms with Crippen molar-refractivity contribution in [1.29, 1.82) is 0 Å². The van der Waals surface area contributed by atoms with Crippen LogP contribution in [0.2, 0.25) is 4.34 Å². The highest BCUT2D eigenvalue weighted by Gasteiger charge is 2.42. The first-order valence-corrected chi connectivity index (χ1v) is 9.34. The van der Waals surface area contributed by atoms with E-state index in [-0.39, 0.29) is 35.3 Å². The first-order valence-electron chi connectivity index (χ1n) is 8.14. The summed E-state index contributed by atoms with van der Waals surface area (Å²) < 4.78 is 0.799. The van der Waals surface area contributed by atoms with Gasteiger partial charge in [-0.2, -0.15) is 0 Å². The summed E-state index contributed by atoms with van der Waals surface area (Å²) in [6.45, 7) is 6.24. The Morgan fingerprint density at radius 2 is 2.38 bits per heavy atom. The average molecular weight is 483 g/mol. The van der Waals surface area contributed by atoms with E-state index >= 15 is 0 Å². The maximum absolute atomic E-state index is 11.6. The predicted molar refractivity (Wildman–Crippen MR) is 110 cm³/mol. The molecule has 1 spiro atoms. The SMILES string of the molecule is CCNC(=NCc1ccc(Cl)s1)N1CCCC2(CNC(=O)C2)C1.I. The summed E-state index contributed by atoms with van der Waals surface area (Å²) in [5.74, 6) is 1.12. The van der Waals surface area contributed by atoms with Gasteiger partial charge < -0.3 is 15.5 Å². The van der Waals surface area contributed by atoms with Gasteiger partial charge in [0, 0.05) is 42.9 Å². The van der Waals surface area contributed by atoms with Crippen LogP contribution >= 0.6 is 46.9 Å². The summed E-state index contributed by atoms with van der Waals surface area (Å²) in [6, 6.07) is 3.94. The molecule has 1 atom stereocenters. The third kappa shape index (κ3) is 4.76. The third-order valence-electron chi connectivity index (χ3n) is 4.51. The van der Waals surface area contributed by atoms with Gasteiger partial charge in [-0.15, -0.1) is 35.3 Å². The lowest BCUT2D eigenvalue weighted by molar-refractivity contribution is -0.119. The van der Waals surface area contributed by atoms with Gasteiger partial charge in [-0.25, -0.2) is 4.99 Å². The average Bonchev–Trinajstić information content (AvgIpc) is 3.10. The van der Waals surface area contributed by atoms with Crippen LogP contribution in [0.1, 0.15) is 31.1 Å². The van der Waals surface area contributed by atoms with Crippen LogP contribution in [0.25, 0.3) is 0 Å². The van der Waals surface area contributed by atoms with Crippen molar-refractivity contribution in [3.8, 4) is 0 Å². The number of likely N-dealkylation sites (tertiary alicyclic amines) is 1. The molecule has 0 saturated carbocycles. The van der Waals surface area contributed by atoms with Gasteiger partial charge in [0.25, 0.3) is 0 Å². The maximum Gasteiger partial charge on any atom is 0.220 e. The molecule has 2 N–H and O–H groups in total. The number of hydrogen-bond acceptors (Lipinski definition) is 3. The van der Waals surface area contributed by atoms with E-state index in [0.29, 0.717) is 13.0 Å². The summed E-state index contributed by atoms with van der Waals surface area (Å²) in [4.78, 5) is 19.9. The first-order chi connectivity index (χ1) is 11.1. The fourth-order valence-corrected chi connectivity index (χ4v) is 4.46. The van der Waals surface area contributed by atoms with E-state index in [9.17, 15) is 4.79 Å². The smallest absolute Gasteiger partial charge is 0.220 e. The van der Waals surface area contributed by atoms with Crippen LogP contribution in [0.3, 0.4) is 0 Å². The van der Waals surface area contributed by atoms with Gasteiger partial charge in [0.1, 0.15) is 0 Å². The van der Waals surface area contributed by atoms with Crippen LogP contribution in [0.5, 0.6) is 0 Å². The molecule has 0 aromatic carbocycles. The largest absolute Gasteiger partial charge is 0.357 e. The molecular formula is C16H24ClIN4OS. The number of rotatable bonds is 3. The van der Waals surface area contributed by atoms with E-state index in [4.69, 9.17) is 16.6 Å². The summed E-state index contributed by atoms with van der Waals surface area (Å²) >= 11 is 7.56. The van der Waals surface area contributed by atoms with Gasteiger partial charge in [-0.3, -0.25) is 4.79 Å². The molecule has 3 rings (SSSR count). The Hall–Kier alpha value is -0.540. The Morgan fingerprint density at radius 1 is 1.54 bits per heavy atom. The molecule has 24 heavy (non-hydrogen) atoms. The Bertz CT molecular complexity index is 609. The lowest BCUT2D eigenvalue weighted by Gasteiger charge is -2.40. The van der Waals surface area contributed by atoms with Crippen molar-refractivity contribution >= 4 is 58.8 Å². The van der Waals surface area contributed by atoms with E-state index in [0.717, 1.165) is 54.2 Å². The number of piperidine rings is 1. The van der Waals surface area contributed by atoms with E-state index in [2.05, 4.69) is 22.5 Å². The van der Waals surface area contributed by atoms with Gasteiger partial charge in [0.2, 0.25) is 5.91 Å². The Kier molecular flexibility index (Phi) is 7.18. The molecule has 1 aromatic rings. The highest BCUT2D eigenvalue weighted by molar-refractivity contribution is 14.0. The zero-order chi connectivity index (χ0) is 16.3. The lowest BCUT2D eigenvalue weighted by atomic mass is 9.79. The molecule has 1 unspecified atom stereocenters. The minimum atomic E-state index is 0. The van der Waals surface area contributed by atoms with Crippen molar-refractivity contribution in [3.63, 3.8) is 0 Å². The van der Waals surface area contributed by atoms with Gasteiger partial charge in [0.05, 0.1) is 10.9 Å². The van der Waals surface area contributed by atoms with E-state index in [1.165, 1.54) is 0 Å². The number of halogens is 2. The normalized spacial score (nSPS) is 24.0. The fraction of sp³-hybridized carbons (Fsp3) is 0.625. The zero-order valence-corrected chi connectivity index (χ0v) is 17.7. The molecule has 1 amide bonds. The molecule has 0 aliphatic carbocycles. The number of carbonyl (C=O) groups is 1. The van der Waals surface area contributed by atoms with Crippen molar-refractivity contribution in [1.82, 2.24) is 15.5 Å². The summed E-state index contributed by atoms with van der Waals surface area (Å²) in [7, 11) is 0. The van der Waals surface area contributed by atoms with Crippen LogP contribution in [0, 0.1) is 5.41 Å². The second-order valence-electron chi connectivity index (χ2n) is 6.35. The molecule has 134 valence electrons. The number of thiophene rings is 1. The Labute approximate surface area is 169 Å². The van der Waals surface area contributed by atoms with Crippen molar-refractivity contribution in [2.75, 3.05) is 26.2 Å². The number of guanidine groups is 1. The van der Waals surface area contributed by atoms with Crippen molar-refractivity contribution in [2.24, 2.45) is 10.4 Å². The van der Waals surface area contributed by atoms with Crippen LogP contribution in [0.15, 0.2) is 17.1 Å². The summed E-state index contributed by atoms with van der Waals surface area (Å²) in [5.41, 5.74) is 0.0811. The molecule has 0 radical (unpaired) electrons. The number of hydrogen-bond donors (Lipinski definition) is 2. The lowest BCUT2D eigenvalue weighted by Crippen LogP contribution is -2.51. The monoisotopic (exact) mass is 482 g/mol. The van der Waals surface area contributed by atoms with Gasteiger partial charge in [-0.05, 0) is 31.9 Å². The quantitative estimate of drug-likeness (QED) is 0.395. The van der Waals surface area contributed by atoms with Crippen molar-refractivity contribution in [3.05, 3.63) is 21.3 Å². The zero-order valence-electron chi connectivity index (χ0n) is 13.8. The van der Waals surface area contributed by atoms with Gasteiger partial charge >= 0.3 is 0 Å². The molecule has 2 fully saturated rings. The minimum Gasteiger partial charge on any atom is -0.357 e. The Morgan fingerprint density at radius 3 is 3.00 bits per heavy atom. The van der Waals surface area contributed by atoms with E-state index < -0.39 is 0 Å². The third-order valence-corrected chi connectivity index (χ3v) is 5.72. The molecule has 0 bridgehead atoms. The van der Waals surface area contributed by atoms with E-state index in [1.807, 2.05) is 12.1 Å². The van der Waals surface area contributed by atoms with Gasteiger partial charge in [-0.1, -0.05) is 11.6 Å². The molecule has 2 aliphatic rings. The predicted octanol–water partition coefficient (Wildman–Crippen LogP) is 3.09. The van der Waals surface area contributed by atoms with Crippen LogP contribution in [-0.2, 0) is 11.3 Å². The number of aliphatic imine (C=N–C) groups is 1. The van der Waals surface area contributed by atoms with Crippen LogP contribution in [-0.4, -0.2) is 42.9 Å². The first kappa shape index (κ1) is 19.8.